The Balaban J connectivity index is 2.00. The second-order valence-corrected chi connectivity index (χ2v) is 4.22. The van der Waals surface area contributed by atoms with Gasteiger partial charge in [0.15, 0.2) is 5.82 Å². The number of aromatic nitrogens is 1. The van der Waals surface area contributed by atoms with Crippen molar-refractivity contribution < 1.29 is 0 Å². The first-order valence-corrected chi connectivity index (χ1v) is 5.66. The minimum absolute atomic E-state index is 0.891. The number of nitrogens with zero attached hydrogens (tertiary/aromatic N) is 3. The number of pyridine rings is 1. The maximum Gasteiger partial charge on any atom is 0.158 e. The van der Waals surface area contributed by atoms with Crippen LogP contribution in [-0.2, 0) is 0 Å². The third kappa shape index (κ3) is 1.40. The van der Waals surface area contributed by atoms with E-state index < -0.39 is 0 Å². The first-order chi connectivity index (χ1) is 7.86. The molecule has 0 aromatic carbocycles. The van der Waals surface area contributed by atoms with Crippen LogP contribution in [0.3, 0.4) is 0 Å². The van der Waals surface area contributed by atoms with Crippen molar-refractivity contribution in [1.82, 2.24) is 4.98 Å². The molecule has 0 unspecified atom stereocenters. The fourth-order valence-corrected chi connectivity index (χ4v) is 2.25. The number of anilines is 2. The molecule has 1 aliphatic heterocycles. The van der Waals surface area contributed by atoms with Crippen molar-refractivity contribution in [2.24, 2.45) is 0 Å². The maximum atomic E-state index is 4.48. The van der Waals surface area contributed by atoms with E-state index >= 15 is 0 Å². The summed E-state index contributed by atoms with van der Waals surface area (Å²) >= 11 is 0. The van der Waals surface area contributed by atoms with Crippen LogP contribution in [0.1, 0.15) is 12.8 Å². The lowest BCUT2D eigenvalue weighted by atomic mass is 10.1. The van der Waals surface area contributed by atoms with Crippen molar-refractivity contribution in [3.05, 3.63) is 42.3 Å². The van der Waals surface area contributed by atoms with Gasteiger partial charge in [0.25, 0.3) is 0 Å². The van der Waals surface area contributed by atoms with Gasteiger partial charge in [0, 0.05) is 18.9 Å². The molecule has 2 aliphatic rings. The first kappa shape index (κ1) is 9.46. The number of hydrogen-bond acceptors (Lipinski definition) is 3. The van der Waals surface area contributed by atoms with E-state index in [1.54, 1.807) is 0 Å². The summed E-state index contributed by atoms with van der Waals surface area (Å²) in [6.45, 7) is 0.891. The van der Waals surface area contributed by atoms with E-state index in [2.05, 4.69) is 46.1 Å². The van der Waals surface area contributed by atoms with Gasteiger partial charge in [-0.1, -0.05) is 12.2 Å². The molecular formula is C13H15N3. The molecule has 1 aromatic heterocycles. The van der Waals surface area contributed by atoms with Crippen LogP contribution in [0.2, 0.25) is 0 Å². The molecule has 0 amide bonds. The molecule has 0 atom stereocenters. The zero-order chi connectivity index (χ0) is 11.0. The molecule has 0 radical (unpaired) electrons. The van der Waals surface area contributed by atoms with Gasteiger partial charge in [-0.05, 0) is 31.1 Å². The van der Waals surface area contributed by atoms with E-state index in [-0.39, 0.29) is 0 Å². The largest absolute Gasteiger partial charge is 0.354 e. The molecule has 16 heavy (non-hydrogen) atoms. The van der Waals surface area contributed by atoms with Gasteiger partial charge in [-0.25, -0.2) is 4.98 Å². The molecule has 3 rings (SSSR count). The lowest BCUT2D eigenvalue weighted by Gasteiger charge is -2.21. The summed E-state index contributed by atoms with van der Waals surface area (Å²) in [4.78, 5) is 8.97. The predicted octanol–water partition coefficient (Wildman–Crippen LogP) is 2.53. The van der Waals surface area contributed by atoms with Crippen LogP contribution < -0.4 is 9.80 Å². The number of rotatable bonds is 1. The van der Waals surface area contributed by atoms with Gasteiger partial charge in [-0.2, -0.15) is 0 Å². The fourth-order valence-electron chi connectivity index (χ4n) is 2.25. The molecule has 0 saturated heterocycles. The van der Waals surface area contributed by atoms with Crippen molar-refractivity contribution in [2.75, 3.05) is 23.5 Å². The highest BCUT2D eigenvalue weighted by atomic mass is 15.4. The lowest BCUT2D eigenvalue weighted by molar-refractivity contribution is 0.892. The third-order valence-corrected chi connectivity index (χ3v) is 3.07. The van der Waals surface area contributed by atoms with Crippen molar-refractivity contribution in [3.63, 3.8) is 0 Å². The van der Waals surface area contributed by atoms with E-state index in [0.29, 0.717) is 0 Å². The van der Waals surface area contributed by atoms with Gasteiger partial charge in [0.2, 0.25) is 0 Å². The third-order valence-electron chi connectivity index (χ3n) is 3.07. The van der Waals surface area contributed by atoms with Crippen LogP contribution in [0.4, 0.5) is 11.5 Å². The maximum absolute atomic E-state index is 4.48. The predicted molar refractivity (Wildman–Crippen MR) is 66.4 cm³/mol. The van der Waals surface area contributed by atoms with Gasteiger partial charge >= 0.3 is 0 Å². The molecule has 0 saturated carbocycles. The molecule has 3 heteroatoms. The highest BCUT2D eigenvalue weighted by molar-refractivity contribution is 5.75. The zero-order valence-corrected chi connectivity index (χ0v) is 9.43. The average molecular weight is 213 g/mol. The number of hydrogen-bond donors (Lipinski definition) is 0. The quantitative estimate of drug-likeness (QED) is 0.714. The standard InChI is InChI=1S/C13H15N3/c1-15-10-16(11-6-3-2-4-7-11)13-12(15)8-5-9-14-13/h3,5-9H,2,4,10H2,1H3. The summed E-state index contributed by atoms with van der Waals surface area (Å²) in [6.07, 6.45) is 10.9. The van der Waals surface area contributed by atoms with Gasteiger partial charge in [-0.15, -0.1) is 0 Å². The van der Waals surface area contributed by atoms with E-state index in [9.17, 15) is 0 Å². The van der Waals surface area contributed by atoms with Crippen LogP contribution in [0.5, 0.6) is 0 Å². The molecule has 2 heterocycles. The van der Waals surface area contributed by atoms with Crippen LogP contribution in [-0.4, -0.2) is 18.7 Å². The lowest BCUT2D eigenvalue weighted by Crippen LogP contribution is -2.27. The van der Waals surface area contributed by atoms with Crippen molar-refractivity contribution in [3.8, 4) is 0 Å². The minimum atomic E-state index is 0.891. The van der Waals surface area contributed by atoms with E-state index in [4.69, 9.17) is 0 Å². The summed E-state index contributed by atoms with van der Waals surface area (Å²) in [5.74, 6) is 1.07. The molecular weight excluding hydrogens is 198 g/mol. The number of allylic oxidation sites excluding steroid dienone is 3. The Morgan fingerprint density at radius 2 is 2.25 bits per heavy atom. The van der Waals surface area contributed by atoms with Crippen molar-refractivity contribution in [1.29, 1.82) is 0 Å². The highest BCUT2D eigenvalue weighted by Gasteiger charge is 2.25. The van der Waals surface area contributed by atoms with Crippen LogP contribution in [0, 0.1) is 0 Å². The van der Waals surface area contributed by atoms with Crippen molar-refractivity contribution >= 4 is 11.5 Å². The molecule has 82 valence electrons. The van der Waals surface area contributed by atoms with Crippen LogP contribution >= 0.6 is 0 Å². The van der Waals surface area contributed by atoms with Crippen LogP contribution in [0.25, 0.3) is 0 Å². The summed E-state index contributed by atoms with van der Waals surface area (Å²) in [6, 6.07) is 4.11. The monoisotopic (exact) mass is 213 g/mol. The Bertz CT molecular complexity index is 462. The Morgan fingerprint density at radius 3 is 3.06 bits per heavy atom. The topological polar surface area (TPSA) is 19.4 Å². The zero-order valence-electron chi connectivity index (χ0n) is 9.43. The SMILES string of the molecule is CN1CN(C2=CCCC=C2)c2ncccc21. The van der Waals surface area contributed by atoms with E-state index in [1.165, 1.54) is 11.4 Å². The summed E-state index contributed by atoms with van der Waals surface area (Å²) in [7, 11) is 2.10. The van der Waals surface area contributed by atoms with E-state index in [1.807, 2.05) is 12.3 Å². The minimum Gasteiger partial charge on any atom is -0.354 e. The second kappa shape index (κ2) is 3.67. The molecule has 1 aliphatic carbocycles. The van der Waals surface area contributed by atoms with Gasteiger partial charge in [0.05, 0.1) is 12.4 Å². The molecule has 0 N–H and O–H groups in total. The Kier molecular flexibility index (Phi) is 2.17. The number of fused-ring (bicyclic) bond motifs is 1. The van der Waals surface area contributed by atoms with Gasteiger partial charge in [0.1, 0.15) is 0 Å². The fraction of sp³-hybridized carbons (Fsp3) is 0.308. The summed E-state index contributed by atoms with van der Waals surface area (Å²) in [5.41, 5.74) is 2.48. The first-order valence-electron chi connectivity index (χ1n) is 5.66. The Labute approximate surface area is 95.7 Å². The molecule has 0 fully saturated rings. The van der Waals surface area contributed by atoms with Crippen LogP contribution in [0.15, 0.2) is 42.3 Å². The van der Waals surface area contributed by atoms with E-state index in [0.717, 1.165) is 25.3 Å². The van der Waals surface area contributed by atoms with Gasteiger partial charge < -0.3 is 9.80 Å². The van der Waals surface area contributed by atoms with Crippen molar-refractivity contribution in [2.45, 2.75) is 12.8 Å². The Hall–Kier alpha value is -1.77. The smallest absolute Gasteiger partial charge is 0.158 e. The normalized spacial score (nSPS) is 18.7. The Morgan fingerprint density at radius 1 is 1.31 bits per heavy atom. The second-order valence-electron chi connectivity index (χ2n) is 4.22. The average Bonchev–Trinajstić information content (AvgIpc) is 2.69. The molecule has 1 aromatic rings. The highest BCUT2D eigenvalue weighted by Crippen LogP contribution is 2.35. The summed E-state index contributed by atoms with van der Waals surface area (Å²) in [5, 5.41) is 0. The summed E-state index contributed by atoms with van der Waals surface area (Å²) < 4.78 is 0. The molecule has 0 bridgehead atoms. The van der Waals surface area contributed by atoms with Gasteiger partial charge in [-0.3, -0.25) is 0 Å². The molecule has 0 spiro atoms. The molecule has 3 nitrogen and oxygen atoms in total.